The van der Waals surface area contributed by atoms with Crippen LogP contribution in [0.1, 0.15) is 37.1 Å². The summed E-state index contributed by atoms with van der Waals surface area (Å²) in [6.07, 6.45) is 3.57. The predicted molar refractivity (Wildman–Crippen MR) is 113 cm³/mol. The van der Waals surface area contributed by atoms with Gasteiger partial charge in [0.25, 0.3) is 0 Å². The summed E-state index contributed by atoms with van der Waals surface area (Å²) in [6.45, 7) is 2.58. The van der Waals surface area contributed by atoms with Gasteiger partial charge in [-0.2, -0.15) is 0 Å². The van der Waals surface area contributed by atoms with Gasteiger partial charge in [-0.3, -0.25) is 4.99 Å². The van der Waals surface area contributed by atoms with E-state index in [0.717, 1.165) is 49.2 Å². The third-order valence-corrected chi connectivity index (χ3v) is 5.27. The van der Waals surface area contributed by atoms with Crippen molar-refractivity contribution in [2.24, 2.45) is 4.99 Å². The molecule has 0 spiro atoms. The molecule has 0 unspecified atom stereocenters. The van der Waals surface area contributed by atoms with Gasteiger partial charge in [0.2, 0.25) is 0 Å². The summed E-state index contributed by atoms with van der Waals surface area (Å²) in [5.74, 6) is -0.347. The maximum absolute atomic E-state index is 13.0. The average molecular weight is 490 g/mol. The van der Waals surface area contributed by atoms with Crippen molar-refractivity contribution in [1.82, 2.24) is 5.32 Å². The number of fused-ring (bicyclic) bond motifs is 2. The molecule has 2 aromatic rings. The van der Waals surface area contributed by atoms with Crippen LogP contribution in [0.3, 0.4) is 0 Å². The van der Waals surface area contributed by atoms with E-state index in [4.69, 9.17) is 0 Å². The van der Waals surface area contributed by atoms with Gasteiger partial charge >= 0.3 is 0 Å². The fraction of sp³-hybridized carbons (Fsp3) is 0.350. The lowest BCUT2D eigenvalue weighted by molar-refractivity contribution is 0.600. The van der Waals surface area contributed by atoms with E-state index in [-0.39, 0.29) is 26.5 Å². The molecule has 1 N–H and O–H groups in total. The van der Waals surface area contributed by atoms with Gasteiger partial charge in [-0.1, -0.05) is 14.9 Å². The van der Waals surface area contributed by atoms with Crippen LogP contribution in [-0.2, 0) is 19.4 Å². The Hall–Kier alpha value is -1.11. The summed E-state index contributed by atoms with van der Waals surface area (Å²) in [5, 5.41) is 3.24. The number of nitrogens with one attached hydrogen (secondary N) is 1. The zero-order valence-electron chi connectivity index (χ0n) is 12.9. The van der Waals surface area contributed by atoms with E-state index >= 15 is 0 Å². The first-order valence-electron chi connectivity index (χ1n) is 7.70. The molecule has 26 heavy (non-hydrogen) atoms. The van der Waals surface area contributed by atoms with Crippen molar-refractivity contribution in [2.45, 2.75) is 34.2 Å². The summed E-state index contributed by atoms with van der Waals surface area (Å²) >= 11 is 6.31. The molecule has 0 saturated carbocycles. The van der Waals surface area contributed by atoms with Gasteiger partial charge in [0.05, 0.1) is 8.95 Å². The highest BCUT2D eigenvalue weighted by atomic mass is 79.9. The molecule has 0 fully saturated rings. The number of benzene rings is 2. The van der Waals surface area contributed by atoms with E-state index < -0.39 is 0 Å². The molecule has 0 bridgehead atoms. The second kappa shape index (κ2) is 10.3. The van der Waals surface area contributed by atoms with E-state index in [9.17, 15) is 8.78 Å². The lowest BCUT2D eigenvalue weighted by Gasteiger charge is -2.17. The zero-order chi connectivity index (χ0) is 17.1. The molecule has 142 valence electrons. The van der Waals surface area contributed by atoms with E-state index in [0.29, 0.717) is 8.95 Å². The SMILES string of the molecule is C.C.Fc1cc2c(cc1Br)C=NCC2.Fc1cc2c(cc1Br)CNCC2. The van der Waals surface area contributed by atoms with E-state index in [1.165, 1.54) is 5.56 Å². The molecule has 6 heteroatoms. The average Bonchev–Trinajstić information content (AvgIpc) is 2.57. The Labute approximate surface area is 171 Å². The molecule has 0 radical (unpaired) electrons. The van der Waals surface area contributed by atoms with Crippen LogP contribution < -0.4 is 5.32 Å². The van der Waals surface area contributed by atoms with Gasteiger partial charge in [0, 0.05) is 19.3 Å². The number of hydrogen-bond donors (Lipinski definition) is 1. The monoisotopic (exact) mass is 488 g/mol. The molecule has 0 aromatic heterocycles. The molecular weight excluding hydrogens is 466 g/mol. The normalized spacial score (nSPS) is 14.0. The molecule has 2 aliphatic rings. The number of rotatable bonds is 0. The fourth-order valence-corrected chi connectivity index (χ4v) is 3.51. The number of aliphatic imine (C=N–C) groups is 1. The Kier molecular flexibility index (Phi) is 9.07. The number of halogens is 4. The third-order valence-electron chi connectivity index (χ3n) is 4.05. The van der Waals surface area contributed by atoms with Crippen molar-refractivity contribution in [3.63, 3.8) is 0 Å². The van der Waals surface area contributed by atoms with Crippen molar-refractivity contribution in [1.29, 1.82) is 0 Å². The largest absolute Gasteiger partial charge is 0.312 e. The van der Waals surface area contributed by atoms with E-state index in [1.807, 2.05) is 6.07 Å². The Morgan fingerprint density at radius 1 is 0.846 bits per heavy atom. The standard InChI is InChI=1S/C9H9BrFN.C9H7BrFN.2CH4/c2*10-8-3-7-5-12-2-1-6(7)4-9(8)11;;/h3-4,12H,1-2,5H2;3-5H,1-2H2;2*1H4. The fourth-order valence-electron chi connectivity index (χ4n) is 2.76. The predicted octanol–water partition coefficient (Wildman–Crippen LogP) is 6.07. The summed E-state index contributed by atoms with van der Waals surface area (Å²) in [4.78, 5) is 4.12. The van der Waals surface area contributed by atoms with Crippen LogP contribution in [0.15, 0.2) is 38.2 Å². The molecule has 0 amide bonds. The van der Waals surface area contributed by atoms with Crippen molar-refractivity contribution in [3.8, 4) is 0 Å². The summed E-state index contributed by atoms with van der Waals surface area (Å²) in [6, 6.07) is 6.83. The second-order valence-corrected chi connectivity index (χ2v) is 7.42. The molecule has 2 nitrogen and oxygen atoms in total. The van der Waals surface area contributed by atoms with Crippen LogP contribution >= 0.6 is 31.9 Å². The highest BCUT2D eigenvalue weighted by Gasteiger charge is 2.11. The molecule has 4 rings (SSSR count). The topological polar surface area (TPSA) is 24.4 Å². The van der Waals surface area contributed by atoms with Gasteiger partial charge in [-0.25, -0.2) is 8.78 Å². The minimum absolute atomic E-state index is 0. The molecule has 2 heterocycles. The maximum Gasteiger partial charge on any atom is 0.137 e. The van der Waals surface area contributed by atoms with Gasteiger partial charge < -0.3 is 5.32 Å². The Morgan fingerprint density at radius 3 is 2.23 bits per heavy atom. The molecule has 2 aliphatic heterocycles. The number of hydrogen-bond acceptors (Lipinski definition) is 2. The van der Waals surface area contributed by atoms with Crippen LogP contribution in [0.25, 0.3) is 0 Å². The summed E-state index contributed by atoms with van der Waals surface area (Å²) in [5.41, 5.74) is 4.41. The maximum atomic E-state index is 13.0. The minimum atomic E-state index is -0.191. The van der Waals surface area contributed by atoms with Gasteiger partial charge in [0.1, 0.15) is 11.6 Å². The first kappa shape index (κ1) is 22.9. The van der Waals surface area contributed by atoms with Gasteiger partial charge in [0.15, 0.2) is 0 Å². The molecular formula is C20H24Br2F2N2. The summed E-state index contributed by atoms with van der Waals surface area (Å²) < 4.78 is 27.1. The van der Waals surface area contributed by atoms with E-state index in [1.54, 1.807) is 24.4 Å². The Morgan fingerprint density at radius 2 is 1.50 bits per heavy atom. The van der Waals surface area contributed by atoms with Gasteiger partial charge in [-0.15, -0.1) is 0 Å². The smallest absolute Gasteiger partial charge is 0.137 e. The van der Waals surface area contributed by atoms with Crippen molar-refractivity contribution in [3.05, 3.63) is 67.1 Å². The lowest BCUT2D eigenvalue weighted by atomic mass is 10.0. The molecule has 0 saturated heterocycles. The molecule has 0 aliphatic carbocycles. The highest BCUT2D eigenvalue weighted by Crippen LogP contribution is 2.23. The lowest BCUT2D eigenvalue weighted by Crippen LogP contribution is -2.23. The Balaban J connectivity index is 0.000000241. The van der Waals surface area contributed by atoms with Crippen molar-refractivity contribution in [2.75, 3.05) is 13.1 Å². The minimum Gasteiger partial charge on any atom is -0.312 e. The van der Waals surface area contributed by atoms with Crippen LogP contribution in [0.5, 0.6) is 0 Å². The highest BCUT2D eigenvalue weighted by molar-refractivity contribution is 9.10. The Bertz CT molecular complexity index is 761. The quantitative estimate of drug-likeness (QED) is 0.477. The third kappa shape index (κ3) is 5.44. The summed E-state index contributed by atoms with van der Waals surface area (Å²) in [7, 11) is 0. The van der Waals surface area contributed by atoms with E-state index in [2.05, 4.69) is 42.2 Å². The van der Waals surface area contributed by atoms with Gasteiger partial charge in [-0.05, 0) is 97.8 Å². The van der Waals surface area contributed by atoms with Crippen LogP contribution in [-0.4, -0.2) is 19.3 Å². The zero-order valence-corrected chi connectivity index (χ0v) is 16.1. The first-order chi connectivity index (χ1) is 11.5. The van der Waals surface area contributed by atoms with Crippen LogP contribution in [0, 0.1) is 11.6 Å². The second-order valence-electron chi connectivity index (χ2n) is 5.71. The van der Waals surface area contributed by atoms with Crippen molar-refractivity contribution >= 4 is 38.1 Å². The number of nitrogens with zero attached hydrogens (tertiary/aromatic N) is 1. The first-order valence-corrected chi connectivity index (χ1v) is 9.28. The van der Waals surface area contributed by atoms with Crippen LogP contribution in [0.2, 0.25) is 0 Å². The molecule has 0 atom stereocenters. The molecule has 2 aromatic carbocycles. The van der Waals surface area contributed by atoms with Crippen molar-refractivity contribution < 1.29 is 8.78 Å². The van der Waals surface area contributed by atoms with Crippen LogP contribution in [0.4, 0.5) is 8.78 Å².